The molecule has 1 N–H and O–H groups in total. The van der Waals surface area contributed by atoms with E-state index in [9.17, 15) is 31.1 Å². The molecule has 0 fully saturated rings. The zero-order valence-electron chi connectivity index (χ0n) is 11.7. The minimum absolute atomic E-state index is 0.0201. The van der Waals surface area contributed by atoms with Gasteiger partial charge in [-0.05, 0) is 12.1 Å². The molecule has 0 aliphatic carbocycles. The molecule has 0 saturated carbocycles. The molecule has 2 heterocycles. The lowest BCUT2D eigenvalue weighted by molar-refractivity contribution is -0.146. The van der Waals surface area contributed by atoms with Crippen molar-refractivity contribution in [1.29, 1.82) is 0 Å². The van der Waals surface area contributed by atoms with Crippen molar-refractivity contribution in [2.75, 3.05) is 0 Å². The number of nitrogens with zero attached hydrogens (tertiary/aromatic N) is 4. The van der Waals surface area contributed by atoms with Crippen LogP contribution in [-0.2, 0) is 12.7 Å². The van der Waals surface area contributed by atoms with Gasteiger partial charge in [0, 0.05) is 0 Å². The van der Waals surface area contributed by atoms with E-state index < -0.39 is 40.9 Å². The zero-order valence-corrected chi connectivity index (χ0v) is 12.6. The number of hydrogen-bond donors (Lipinski definition) is 1. The van der Waals surface area contributed by atoms with Gasteiger partial charge in [-0.1, -0.05) is 11.3 Å². The fraction of sp³-hybridized carbons (Fsp3) is 0.167. The summed E-state index contributed by atoms with van der Waals surface area (Å²) in [5, 5.41) is 12.0. The van der Waals surface area contributed by atoms with Crippen molar-refractivity contribution >= 4 is 22.2 Å². The van der Waals surface area contributed by atoms with Crippen LogP contribution in [0.3, 0.4) is 0 Å². The number of alkyl halides is 3. The molecular formula is C12H5F6N5OS. The number of carbonyl (C=O) groups excluding carboxylic acids is 1. The second kappa shape index (κ2) is 5.98. The molecule has 1 aromatic carbocycles. The summed E-state index contributed by atoms with van der Waals surface area (Å²) in [5.41, 5.74) is -0.752. The average molecular weight is 381 g/mol. The Kier molecular flexibility index (Phi) is 4.10. The smallest absolute Gasteiger partial charge is 0.345 e. The molecule has 0 atom stereocenters. The van der Waals surface area contributed by atoms with Crippen LogP contribution in [0.25, 0.3) is 4.96 Å². The summed E-state index contributed by atoms with van der Waals surface area (Å²) >= 11 is 0.717. The van der Waals surface area contributed by atoms with E-state index >= 15 is 0 Å². The molecule has 13 heteroatoms. The van der Waals surface area contributed by atoms with Gasteiger partial charge in [0.2, 0.25) is 4.96 Å². The largest absolute Gasteiger partial charge is 0.453 e. The Morgan fingerprint density at radius 2 is 1.88 bits per heavy atom. The summed E-state index contributed by atoms with van der Waals surface area (Å²) in [6.45, 7) is -0.372. The highest BCUT2D eigenvalue weighted by Gasteiger charge is 2.38. The number of amides is 1. The molecule has 2 aromatic heterocycles. The number of halogens is 6. The number of hydrogen-bond acceptors (Lipinski definition) is 5. The van der Waals surface area contributed by atoms with E-state index in [2.05, 4.69) is 20.6 Å². The summed E-state index contributed by atoms with van der Waals surface area (Å²) in [4.78, 5) is 11.6. The van der Waals surface area contributed by atoms with E-state index in [4.69, 9.17) is 0 Å². The van der Waals surface area contributed by atoms with Crippen molar-refractivity contribution < 1.29 is 31.1 Å². The fourth-order valence-corrected chi connectivity index (χ4v) is 2.63. The first-order valence-corrected chi connectivity index (χ1v) is 7.20. The van der Waals surface area contributed by atoms with Crippen LogP contribution < -0.4 is 5.32 Å². The molecule has 0 aliphatic heterocycles. The lowest BCUT2D eigenvalue weighted by Gasteiger charge is -2.05. The first-order valence-electron chi connectivity index (χ1n) is 6.38. The Morgan fingerprint density at radius 1 is 1.16 bits per heavy atom. The third kappa shape index (κ3) is 3.14. The zero-order chi connectivity index (χ0) is 18.4. The molecule has 0 aliphatic rings. The van der Waals surface area contributed by atoms with Gasteiger partial charge >= 0.3 is 6.18 Å². The fourth-order valence-electron chi connectivity index (χ4n) is 1.86. The van der Waals surface area contributed by atoms with Gasteiger partial charge in [-0.2, -0.15) is 22.8 Å². The number of aromatic nitrogens is 4. The normalized spacial score (nSPS) is 11.9. The summed E-state index contributed by atoms with van der Waals surface area (Å²) in [5.74, 6) is -7.35. The van der Waals surface area contributed by atoms with E-state index in [0.29, 0.717) is 21.9 Å². The van der Waals surface area contributed by atoms with Crippen LogP contribution in [0.4, 0.5) is 26.3 Å². The molecule has 0 spiro atoms. The topological polar surface area (TPSA) is 72.2 Å². The van der Waals surface area contributed by atoms with Crippen molar-refractivity contribution in [3.63, 3.8) is 0 Å². The molecule has 0 bridgehead atoms. The summed E-state index contributed by atoms with van der Waals surface area (Å²) in [6, 6.07) is 1.31. The number of nitrogens with one attached hydrogen (secondary N) is 1. The van der Waals surface area contributed by atoms with Crippen LogP contribution in [0.5, 0.6) is 0 Å². The van der Waals surface area contributed by atoms with Gasteiger partial charge in [0.25, 0.3) is 11.7 Å². The van der Waals surface area contributed by atoms with Gasteiger partial charge in [-0.15, -0.1) is 10.2 Å². The SMILES string of the molecule is O=C(NCc1nn2c(C(F)(F)F)nnc2s1)c1ccc(F)c(F)c1F. The van der Waals surface area contributed by atoms with Gasteiger partial charge in [0.15, 0.2) is 17.5 Å². The van der Waals surface area contributed by atoms with Crippen LogP contribution in [0.1, 0.15) is 21.2 Å². The number of carbonyl (C=O) groups is 1. The van der Waals surface area contributed by atoms with Gasteiger partial charge in [0.1, 0.15) is 5.01 Å². The minimum Gasteiger partial charge on any atom is -0.345 e. The standard InChI is InChI=1S/C12H5F6N5OS/c13-5-2-1-4(7(14)8(5)15)9(24)19-3-6-22-23-10(12(16,17)18)20-21-11(23)25-6/h1-2H,3H2,(H,19,24). The highest BCUT2D eigenvalue weighted by atomic mass is 32.1. The molecule has 0 saturated heterocycles. The maximum atomic E-state index is 13.5. The summed E-state index contributed by atoms with van der Waals surface area (Å²) < 4.78 is 77.9. The first-order chi connectivity index (χ1) is 11.7. The summed E-state index contributed by atoms with van der Waals surface area (Å²) in [7, 11) is 0. The molecule has 3 rings (SSSR count). The second-order valence-electron chi connectivity index (χ2n) is 4.62. The van der Waals surface area contributed by atoms with Crippen molar-refractivity contribution in [2.24, 2.45) is 0 Å². The quantitative estimate of drug-likeness (QED) is 0.559. The number of benzene rings is 1. The van der Waals surface area contributed by atoms with Crippen LogP contribution in [0.2, 0.25) is 0 Å². The highest BCUT2D eigenvalue weighted by molar-refractivity contribution is 7.16. The molecule has 6 nitrogen and oxygen atoms in total. The predicted octanol–water partition coefficient (Wildman–Crippen LogP) is 2.55. The third-order valence-electron chi connectivity index (χ3n) is 2.97. The van der Waals surface area contributed by atoms with Crippen LogP contribution in [0, 0.1) is 17.5 Å². The van der Waals surface area contributed by atoms with E-state index in [-0.39, 0.29) is 16.5 Å². The maximum Gasteiger partial charge on any atom is 0.453 e. The lowest BCUT2D eigenvalue weighted by Crippen LogP contribution is -2.24. The van der Waals surface area contributed by atoms with Crippen LogP contribution >= 0.6 is 11.3 Å². The maximum absolute atomic E-state index is 13.5. The van der Waals surface area contributed by atoms with E-state index in [0.717, 1.165) is 6.07 Å². The third-order valence-corrected chi connectivity index (χ3v) is 3.87. The first kappa shape index (κ1) is 17.1. The Morgan fingerprint density at radius 3 is 2.56 bits per heavy atom. The van der Waals surface area contributed by atoms with Crippen molar-refractivity contribution in [3.05, 3.63) is 46.0 Å². The molecular weight excluding hydrogens is 376 g/mol. The van der Waals surface area contributed by atoms with Gasteiger partial charge in [-0.25, -0.2) is 13.2 Å². The Balaban J connectivity index is 1.78. The van der Waals surface area contributed by atoms with Crippen LogP contribution in [0.15, 0.2) is 12.1 Å². The Labute approximate surface area is 138 Å². The second-order valence-corrected chi connectivity index (χ2v) is 5.66. The van der Waals surface area contributed by atoms with Gasteiger partial charge in [0.05, 0.1) is 12.1 Å². The number of rotatable bonds is 3. The molecule has 3 aromatic rings. The monoisotopic (exact) mass is 381 g/mol. The molecule has 1 amide bonds. The van der Waals surface area contributed by atoms with E-state index in [1.54, 1.807) is 0 Å². The molecule has 25 heavy (non-hydrogen) atoms. The van der Waals surface area contributed by atoms with Crippen molar-refractivity contribution in [3.8, 4) is 0 Å². The average Bonchev–Trinajstić information content (AvgIpc) is 3.09. The predicted molar refractivity (Wildman–Crippen MR) is 71.1 cm³/mol. The van der Waals surface area contributed by atoms with E-state index in [1.807, 2.05) is 0 Å². The highest BCUT2D eigenvalue weighted by Crippen LogP contribution is 2.28. The Bertz CT molecular complexity index is 965. The van der Waals surface area contributed by atoms with Gasteiger partial charge < -0.3 is 5.32 Å². The molecule has 132 valence electrons. The summed E-state index contributed by atoms with van der Waals surface area (Å²) in [6.07, 6.45) is -4.76. The van der Waals surface area contributed by atoms with Crippen molar-refractivity contribution in [1.82, 2.24) is 25.1 Å². The molecule has 0 radical (unpaired) electrons. The van der Waals surface area contributed by atoms with Crippen molar-refractivity contribution in [2.45, 2.75) is 12.7 Å². The lowest BCUT2D eigenvalue weighted by atomic mass is 10.2. The molecule has 0 unspecified atom stereocenters. The van der Waals surface area contributed by atoms with Gasteiger partial charge in [-0.3, -0.25) is 4.79 Å². The van der Waals surface area contributed by atoms with E-state index in [1.165, 1.54) is 0 Å². The minimum atomic E-state index is -4.76. The van der Waals surface area contributed by atoms with Crippen LogP contribution in [-0.4, -0.2) is 25.7 Å². The Hall–Kier alpha value is -2.70. The number of fused-ring (bicyclic) bond motifs is 1.